The van der Waals surface area contributed by atoms with E-state index in [0.29, 0.717) is 17.9 Å². The number of Topliss-reactive ketones (excluding diaryl/α,β-unsaturated/α-hetero) is 1. The lowest BCUT2D eigenvalue weighted by Crippen LogP contribution is -2.25. The summed E-state index contributed by atoms with van der Waals surface area (Å²) in [6.07, 6.45) is 4.05. The second kappa shape index (κ2) is 5.24. The van der Waals surface area contributed by atoms with E-state index >= 15 is 0 Å². The summed E-state index contributed by atoms with van der Waals surface area (Å²) < 4.78 is 5.98. The van der Waals surface area contributed by atoms with Gasteiger partial charge in [0, 0.05) is 47.0 Å². The minimum atomic E-state index is -0.213. The van der Waals surface area contributed by atoms with Crippen molar-refractivity contribution in [3.8, 4) is 11.5 Å². The van der Waals surface area contributed by atoms with Crippen molar-refractivity contribution >= 4 is 16.7 Å². The van der Waals surface area contributed by atoms with Crippen molar-refractivity contribution in [1.29, 1.82) is 0 Å². The van der Waals surface area contributed by atoms with E-state index in [9.17, 15) is 9.90 Å². The van der Waals surface area contributed by atoms with Crippen LogP contribution in [0.1, 0.15) is 36.3 Å². The second-order valence-corrected chi connectivity index (χ2v) is 6.63. The smallest absolute Gasteiger partial charge is 0.172 e. The van der Waals surface area contributed by atoms with Crippen molar-refractivity contribution in [3.05, 3.63) is 71.1 Å². The monoisotopic (exact) mass is 331 g/mol. The van der Waals surface area contributed by atoms with Gasteiger partial charge in [0.2, 0.25) is 0 Å². The molecule has 25 heavy (non-hydrogen) atoms. The van der Waals surface area contributed by atoms with Gasteiger partial charge in [-0.1, -0.05) is 30.3 Å². The lowest BCUT2D eigenvalue weighted by atomic mass is 9.77. The van der Waals surface area contributed by atoms with E-state index in [4.69, 9.17) is 4.74 Å². The number of aromatic amines is 1. The van der Waals surface area contributed by atoms with Gasteiger partial charge in [-0.3, -0.25) is 4.79 Å². The number of aromatic nitrogens is 1. The molecule has 0 fully saturated rings. The Hall–Kier alpha value is -3.01. The van der Waals surface area contributed by atoms with Crippen LogP contribution in [0.15, 0.2) is 60.0 Å². The Morgan fingerprint density at radius 1 is 1.04 bits per heavy atom. The average molecular weight is 331 g/mol. The molecule has 2 aliphatic rings. The number of ketones is 1. The molecule has 3 aromatic rings. The van der Waals surface area contributed by atoms with Crippen molar-refractivity contribution in [2.75, 3.05) is 0 Å². The summed E-state index contributed by atoms with van der Waals surface area (Å²) in [6, 6.07) is 13.4. The first-order chi connectivity index (χ1) is 12.2. The normalized spacial score (nSPS) is 19.5. The van der Waals surface area contributed by atoms with E-state index in [1.807, 2.05) is 30.5 Å². The average Bonchev–Trinajstić information content (AvgIpc) is 3.05. The number of aromatic hydroxyl groups is 1. The van der Waals surface area contributed by atoms with Crippen molar-refractivity contribution < 1.29 is 14.6 Å². The summed E-state index contributed by atoms with van der Waals surface area (Å²) in [7, 11) is 0. The molecule has 1 aromatic heterocycles. The van der Waals surface area contributed by atoms with E-state index in [-0.39, 0.29) is 17.5 Å². The molecule has 0 radical (unpaired) electrons. The minimum Gasteiger partial charge on any atom is -0.504 e. The summed E-state index contributed by atoms with van der Waals surface area (Å²) in [6.45, 7) is 0. The van der Waals surface area contributed by atoms with Gasteiger partial charge in [0.05, 0.1) is 0 Å². The SMILES string of the molecule is O=C1CCCC2=C1C(c1c[nH]c3ccccc13)c1cccc(O)c1O2. The molecule has 4 nitrogen and oxygen atoms in total. The molecule has 0 bridgehead atoms. The summed E-state index contributed by atoms with van der Waals surface area (Å²) in [5, 5.41) is 11.4. The number of para-hydroxylation sites is 2. The lowest BCUT2D eigenvalue weighted by molar-refractivity contribution is -0.116. The van der Waals surface area contributed by atoms with Crippen LogP contribution in [0.5, 0.6) is 11.5 Å². The molecule has 0 saturated heterocycles. The Bertz CT molecular complexity index is 1040. The molecule has 0 saturated carbocycles. The topological polar surface area (TPSA) is 62.3 Å². The van der Waals surface area contributed by atoms with Gasteiger partial charge in [-0.25, -0.2) is 0 Å². The van der Waals surface area contributed by atoms with Gasteiger partial charge < -0.3 is 14.8 Å². The first kappa shape index (κ1) is 14.3. The predicted molar refractivity (Wildman–Crippen MR) is 94.8 cm³/mol. The van der Waals surface area contributed by atoms with E-state index < -0.39 is 0 Å². The zero-order valence-corrected chi connectivity index (χ0v) is 13.6. The first-order valence-corrected chi connectivity index (χ1v) is 8.56. The van der Waals surface area contributed by atoms with Crippen molar-refractivity contribution in [1.82, 2.24) is 4.98 Å². The molecule has 124 valence electrons. The maximum atomic E-state index is 12.8. The number of phenolic OH excluding ortho intramolecular Hbond substituents is 1. The fourth-order valence-electron chi connectivity index (χ4n) is 4.08. The number of benzene rings is 2. The Balaban J connectivity index is 1.82. The highest BCUT2D eigenvalue weighted by Crippen LogP contribution is 2.50. The number of hydrogen-bond acceptors (Lipinski definition) is 3. The Morgan fingerprint density at radius 3 is 2.84 bits per heavy atom. The molecule has 1 unspecified atom stereocenters. The van der Waals surface area contributed by atoms with Crippen molar-refractivity contribution in [3.63, 3.8) is 0 Å². The minimum absolute atomic E-state index is 0.118. The number of nitrogens with one attached hydrogen (secondary N) is 1. The van der Waals surface area contributed by atoms with Crippen LogP contribution in [-0.4, -0.2) is 15.9 Å². The van der Waals surface area contributed by atoms with Gasteiger partial charge in [0.15, 0.2) is 17.3 Å². The highest BCUT2D eigenvalue weighted by molar-refractivity contribution is 6.01. The molecule has 1 aliphatic heterocycles. The maximum Gasteiger partial charge on any atom is 0.172 e. The number of allylic oxidation sites excluding steroid dienone is 2. The fourth-order valence-corrected chi connectivity index (χ4v) is 4.08. The molecule has 5 rings (SSSR count). The van der Waals surface area contributed by atoms with E-state index in [1.54, 1.807) is 12.1 Å². The largest absolute Gasteiger partial charge is 0.504 e. The molecule has 1 aliphatic carbocycles. The number of rotatable bonds is 1. The zero-order chi connectivity index (χ0) is 17.0. The van der Waals surface area contributed by atoms with Gasteiger partial charge in [-0.05, 0) is 24.1 Å². The van der Waals surface area contributed by atoms with Gasteiger partial charge in [0.25, 0.3) is 0 Å². The fraction of sp³-hybridized carbons (Fsp3) is 0.190. The molecule has 1 atom stereocenters. The van der Waals surface area contributed by atoms with Crippen LogP contribution in [0.4, 0.5) is 0 Å². The summed E-state index contributed by atoms with van der Waals surface area (Å²) in [5.74, 6) is 1.24. The van der Waals surface area contributed by atoms with Crippen molar-refractivity contribution in [2.45, 2.75) is 25.2 Å². The lowest BCUT2D eigenvalue weighted by Gasteiger charge is -2.32. The molecule has 0 amide bonds. The van der Waals surface area contributed by atoms with Gasteiger partial charge >= 0.3 is 0 Å². The highest BCUT2D eigenvalue weighted by Gasteiger charge is 2.38. The van der Waals surface area contributed by atoms with E-state index in [2.05, 4.69) is 11.1 Å². The van der Waals surface area contributed by atoms with Gasteiger partial charge in [-0.2, -0.15) is 0 Å². The molecule has 0 spiro atoms. The number of carbonyl (C=O) groups is 1. The van der Waals surface area contributed by atoms with Crippen LogP contribution in [0, 0.1) is 0 Å². The van der Waals surface area contributed by atoms with Crippen LogP contribution < -0.4 is 4.74 Å². The number of fused-ring (bicyclic) bond motifs is 2. The van der Waals surface area contributed by atoms with E-state index in [1.165, 1.54) is 0 Å². The van der Waals surface area contributed by atoms with Crippen LogP contribution in [-0.2, 0) is 4.79 Å². The quantitative estimate of drug-likeness (QED) is 0.694. The molecule has 2 aromatic carbocycles. The molecule has 4 heteroatoms. The molecular formula is C21H17NO3. The third-order valence-corrected chi connectivity index (χ3v) is 5.19. The Morgan fingerprint density at radius 2 is 1.92 bits per heavy atom. The third kappa shape index (κ3) is 2.03. The predicted octanol–water partition coefficient (Wildman–Crippen LogP) is 4.40. The number of phenols is 1. The van der Waals surface area contributed by atoms with Gasteiger partial charge in [0.1, 0.15) is 5.76 Å². The number of carbonyl (C=O) groups excluding carboxylic acids is 1. The highest BCUT2D eigenvalue weighted by atomic mass is 16.5. The number of ether oxygens (including phenoxy) is 1. The Kier molecular flexibility index (Phi) is 3.01. The molecular weight excluding hydrogens is 314 g/mol. The summed E-state index contributed by atoms with van der Waals surface area (Å²) in [4.78, 5) is 16.1. The maximum absolute atomic E-state index is 12.8. The zero-order valence-electron chi connectivity index (χ0n) is 13.6. The summed E-state index contributed by atoms with van der Waals surface area (Å²) >= 11 is 0. The van der Waals surface area contributed by atoms with Crippen molar-refractivity contribution in [2.24, 2.45) is 0 Å². The van der Waals surface area contributed by atoms with Gasteiger partial charge in [-0.15, -0.1) is 0 Å². The molecule has 2 N–H and O–H groups in total. The van der Waals surface area contributed by atoms with Crippen LogP contribution in [0.25, 0.3) is 10.9 Å². The summed E-state index contributed by atoms with van der Waals surface area (Å²) in [5.41, 5.74) is 3.68. The first-order valence-electron chi connectivity index (χ1n) is 8.56. The van der Waals surface area contributed by atoms with Crippen LogP contribution >= 0.6 is 0 Å². The third-order valence-electron chi connectivity index (χ3n) is 5.19. The second-order valence-electron chi connectivity index (χ2n) is 6.63. The van der Waals surface area contributed by atoms with E-state index in [0.717, 1.165) is 40.4 Å². The van der Waals surface area contributed by atoms with Crippen LogP contribution in [0.3, 0.4) is 0 Å². The number of hydrogen-bond donors (Lipinski definition) is 2. The molecule has 2 heterocycles. The number of H-pyrrole nitrogens is 1. The standard InChI is InChI=1S/C21H17NO3/c23-16-8-4-10-18-20(16)19(13-6-3-9-17(24)21(13)25-18)14-11-22-15-7-2-1-5-12(14)15/h1-3,5-7,9,11,19,22,24H,4,8,10H2. The Labute approximate surface area is 144 Å². The van der Waals surface area contributed by atoms with Crippen LogP contribution in [0.2, 0.25) is 0 Å².